The molecule has 1 aliphatic heterocycles. The van der Waals surface area contributed by atoms with Gasteiger partial charge in [0.2, 0.25) is 0 Å². The number of carbonyl (C=O) groups is 1. The number of esters is 1. The normalized spacial score (nSPS) is 14.5. The van der Waals surface area contributed by atoms with Crippen LogP contribution in [0.3, 0.4) is 0 Å². The highest BCUT2D eigenvalue weighted by Crippen LogP contribution is 2.16. The van der Waals surface area contributed by atoms with Crippen molar-refractivity contribution in [3.8, 4) is 0 Å². The molecule has 7 nitrogen and oxygen atoms in total. The molecule has 21 heavy (non-hydrogen) atoms. The zero-order chi connectivity index (χ0) is 15.2. The van der Waals surface area contributed by atoms with Gasteiger partial charge < -0.3 is 15.4 Å². The van der Waals surface area contributed by atoms with Gasteiger partial charge in [-0.3, -0.25) is 9.59 Å². The van der Waals surface area contributed by atoms with Gasteiger partial charge in [-0.15, -0.1) is 0 Å². The van der Waals surface area contributed by atoms with Gasteiger partial charge in [0.25, 0.3) is 5.56 Å². The molecule has 0 aromatic carbocycles. The summed E-state index contributed by atoms with van der Waals surface area (Å²) in [7, 11) is 1.25. The second-order valence-electron chi connectivity index (χ2n) is 4.58. The fourth-order valence-electron chi connectivity index (χ4n) is 1.93. The van der Waals surface area contributed by atoms with Gasteiger partial charge >= 0.3 is 5.97 Å². The third-order valence-electron chi connectivity index (χ3n) is 3.16. The zero-order valence-electron chi connectivity index (χ0n) is 11.7. The second-order valence-corrected chi connectivity index (χ2v) is 4.96. The van der Waals surface area contributed by atoms with Crippen LogP contribution in [0, 0.1) is 0 Å². The molecule has 2 heterocycles. The first-order valence-electron chi connectivity index (χ1n) is 6.56. The van der Waals surface area contributed by atoms with Crippen molar-refractivity contribution in [3.63, 3.8) is 0 Å². The van der Waals surface area contributed by atoms with Crippen LogP contribution in [0.1, 0.15) is 6.42 Å². The smallest absolute Gasteiger partial charge is 0.327 e. The second kappa shape index (κ2) is 7.24. The van der Waals surface area contributed by atoms with Crippen molar-refractivity contribution in [2.24, 2.45) is 0 Å². The first-order valence-corrected chi connectivity index (χ1v) is 6.94. The van der Waals surface area contributed by atoms with Gasteiger partial charge in [-0.05, 0) is 13.0 Å². The molecular formula is C13H17ClN4O3. The molecule has 0 bridgehead atoms. The van der Waals surface area contributed by atoms with Crippen LogP contribution in [-0.4, -0.2) is 42.5 Å². The quantitative estimate of drug-likeness (QED) is 0.605. The summed E-state index contributed by atoms with van der Waals surface area (Å²) in [5.74, 6) is -0.554. The Morgan fingerprint density at radius 1 is 1.62 bits per heavy atom. The molecule has 1 aromatic heterocycles. The van der Waals surface area contributed by atoms with E-state index in [-0.39, 0.29) is 11.6 Å². The summed E-state index contributed by atoms with van der Waals surface area (Å²) in [6.45, 7) is 2.15. The Hall–Kier alpha value is -1.86. The number of rotatable bonds is 5. The van der Waals surface area contributed by atoms with E-state index in [0.29, 0.717) is 12.2 Å². The van der Waals surface area contributed by atoms with E-state index in [9.17, 15) is 9.59 Å². The molecule has 0 fully saturated rings. The van der Waals surface area contributed by atoms with E-state index in [2.05, 4.69) is 26.5 Å². The van der Waals surface area contributed by atoms with E-state index >= 15 is 0 Å². The van der Waals surface area contributed by atoms with Gasteiger partial charge in [0.15, 0.2) is 0 Å². The molecule has 0 unspecified atom stereocenters. The summed E-state index contributed by atoms with van der Waals surface area (Å²) in [5.41, 5.74) is 1.19. The highest BCUT2D eigenvalue weighted by atomic mass is 35.5. The predicted molar refractivity (Wildman–Crippen MR) is 79.6 cm³/mol. The number of halogens is 1. The molecular weight excluding hydrogens is 296 g/mol. The number of nitrogens with zero attached hydrogens (tertiary/aromatic N) is 2. The number of nitrogens with one attached hydrogen (secondary N) is 2. The maximum Gasteiger partial charge on any atom is 0.327 e. The Balaban J connectivity index is 2.07. The number of ether oxygens (including phenoxy) is 1. The molecule has 0 amide bonds. The van der Waals surface area contributed by atoms with Crippen LogP contribution in [0.2, 0.25) is 5.02 Å². The monoisotopic (exact) mass is 312 g/mol. The first kappa shape index (κ1) is 15.5. The largest absolute Gasteiger partial charge is 0.468 e. The first-order chi connectivity index (χ1) is 10.1. The lowest BCUT2D eigenvalue weighted by atomic mass is 10.1. The number of aromatic nitrogens is 2. The van der Waals surface area contributed by atoms with Crippen molar-refractivity contribution in [1.29, 1.82) is 0 Å². The molecule has 8 heteroatoms. The average molecular weight is 313 g/mol. The van der Waals surface area contributed by atoms with Crippen molar-refractivity contribution in [2.75, 3.05) is 32.1 Å². The summed E-state index contributed by atoms with van der Waals surface area (Å²) in [4.78, 5) is 23.2. The van der Waals surface area contributed by atoms with E-state index in [4.69, 9.17) is 11.6 Å². The van der Waals surface area contributed by atoms with Crippen LogP contribution in [0.25, 0.3) is 0 Å². The molecule has 0 saturated heterocycles. The van der Waals surface area contributed by atoms with E-state index in [0.717, 1.165) is 24.2 Å². The predicted octanol–water partition coefficient (Wildman–Crippen LogP) is 0.401. The highest BCUT2D eigenvalue weighted by molar-refractivity contribution is 6.32. The third-order valence-corrected chi connectivity index (χ3v) is 3.52. The van der Waals surface area contributed by atoms with Gasteiger partial charge in [0.05, 0.1) is 19.0 Å². The van der Waals surface area contributed by atoms with Gasteiger partial charge in [0, 0.05) is 13.1 Å². The standard InChI is InChI=1S/C13H17ClN4O3/c1-21-11(19)8-18-13(20)12(14)10(7-17-18)16-6-9-2-4-15-5-3-9/h2,7,15-16H,3-6,8H2,1H3. The third kappa shape index (κ3) is 4.05. The maximum absolute atomic E-state index is 12.0. The Morgan fingerprint density at radius 3 is 3.10 bits per heavy atom. The maximum atomic E-state index is 12.0. The molecule has 0 saturated carbocycles. The Labute approximate surface area is 126 Å². The molecule has 0 aliphatic carbocycles. The fraction of sp³-hybridized carbons (Fsp3) is 0.462. The number of anilines is 1. The van der Waals surface area contributed by atoms with Gasteiger partial charge in [-0.2, -0.15) is 5.10 Å². The summed E-state index contributed by atoms with van der Waals surface area (Å²) < 4.78 is 5.47. The van der Waals surface area contributed by atoms with Crippen LogP contribution in [-0.2, 0) is 16.1 Å². The summed E-state index contributed by atoms with van der Waals surface area (Å²) >= 11 is 6.02. The Morgan fingerprint density at radius 2 is 2.43 bits per heavy atom. The number of hydrogen-bond acceptors (Lipinski definition) is 6. The lowest BCUT2D eigenvalue weighted by Crippen LogP contribution is -2.28. The zero-order valence-corrected chi connectivity index (χ0v) is 12.4. The van der Waals surface area contributed by atoms with Gasteiger partial charge in [-0.1, -0.05) is 23.3 Å². The summed E-state index contributed by atoms with van der Waals surface area (Å²) in [6.07, 6.45) is 4.50. The Kier molecular flexibility index (Phi) is 5.35. The highest BCUT2D eigenvalue weighted by Gasteiger charge is 2.12. The van der Waals surface area contributed by atoms with Crippen molar-refractivity contribution in [2.45, 2.75) is 13.0 Å². The van der Waals surface area contributed by atoms with Gasteiger partial charge in [-0.25, -0.2) is 4.68 Å². The summed E-state index contributed by atoms with van der Waals surface area (Å²) in [5, 5.41) is 10.3. The molecule has 0 spiro atoms. The Bertz CT molecular complexity index is 612. The molecule has 0 atom stereocenters. The topological polar surface area (TPSA) is 85.2 Å². The lowest BCUT2D eigenvalue weighted by Gasteiger charge is -2.15. The van der Waals surface area contributed by atoms with Gasteiger partial charge in [0.1, 0.15) is 11.6 Å². The van der Waals surface area contributed by atoms with E-state index in [1.807, 2.05) is 0 Å². The van der Waals surface area contributed by atoms with Crippen molar-refractivity contribution in [3.05, 3.63) is 33.2 Å². The number of carbonyl (C=O) groups excluding carboxylic acids is 1. The number of hydrogen-bond donors (Lipinski definition) is 2. The minimum absolute atomic E-state index is 0.0171. The minimum Gasteiger partial charge on any atom is -0.468 e. The SMILES string of the molecule is COC(=O)Cn1ncc(NCC2=CCNCC2)c(Cl)c1=O. The van der Waals surface area contributed by atoms with E-state index in [1.165, 1.54) is 18.9 Å². The van der Waals surface area contributed by atoms with Crippen molar-refractivity contribution < 1.29 is 9.53 Å². The molecule has 1 aliphatic rings. The molecule has 2 N–H and O–H groups in total. The average Bonchev–Trinajstić information content (AvgIpc) is 2.52. The van der Waals surface area contributed by atoms with Crippen molar-refractivity contribution in [1.82, 2.24) is 15.1 Å². The van der Waals surface area contributed by atoms with Crippen LogP contribution < -0.4 is 16.2 Å². The lowest BCUT2D eigenvalue weighted by molar-refractivity contribution is -0.141. The molecule has 2 rings (SSSR count). The number of methoxy groups -OCH3 is 1. The fourth-order valence-corrected chi connectivity index (χ4v) is 2.14. The summed E-state index contributed by atoms with van der Waals surface area (Å²) in [6, 6.07) is 0. The van der Waals surface area contributed by atoms with Crippen molar-refractivity contribution >= 4 is 23.3 Å². The van der Waals surface area contributed by atoms with Crippen LogP contribution >= 0.6 is 11.6 Å². The van der Waals surface area contributed by atoms with E-state index < -0.39 is 11.5 Å². The molecule has 0 radical (unpaired) electrons. The minimum atomic E-state index is -0.554. The van der Waals surface area contributed by atoms with E-state index in [1.54, 1.807) is 0 Å². The van der Waals surface area contributed by atoms with Crippen LogP contribution in [0.5, 0.6) is 0 Å². The van der Waals surface area contributed by atoms with Crippen LogP contribution in [0.15, 0.2) is 22.6 Å². The molecule has 114 valence electrons. The molecule has 1 aromatic rings. The van der Waals surface area contributed by atoms with Crippen LogP contribution in [0.4, 0.5) is 5.69 Å².